The Morgan fingerprint density at radius 1 is 1.13 bits per heavy atom. The molecule has 7 heteroatoms. The number of hydrogen-bond acceptors (Lipinski definition) is 5. The number of ether oxygens (including phenoxy) is 1. The number of aromatic nitrogens is 1. The van der Waals surface area contributed by atoms with Crippen molar-refractivity contribution in [2.24, 2.45) is 0 Å². The summed E-state index contributed by atoms with van der Waals surface area (Å²) in [5.41, 5.74) is 3.64. The van der Waals surface area contributed by atoms with Crippen LogP contribution in [-0.4, -0.2) is 17.0 Å². The molecule has 1 unspecified atom stereocenters. The molecule has 0 saturated heterocycles. The molecule has 1 atom stereocenters. The molecule has 7 nitrogen and oxygen atoms in total. The zero-order valence-electron chi connectivity index (χ0n) is 17.5. The number of nitrogens with one attached hydrogen (secondary N) is 2. The monoisotopic (exact) mass is 407 g/mol. The van der Waals surface area contributed by atoms with Crippen LogP contribution in [0.15, 0.2) is 53.1 Å². The van der Waals surface area contributed by atoms with Gasteiger partial charge in [-0.05, 0) is 50.6 Å². The van der Waals surface area contributed by atoms with Crippen molar-refractivity contribution in [1.82, 2.24) is 10.5 Å². The number of rotatable bonds is 7. The standard InChI is InChI=1S/C23H25N3O4/c1-14(18-8-7-9-19(12-18)25-17(4)27)24-23(28)20-10-5-6-11-22(20)29-13-21-15(2)26-30-16(21)3/h5-12,14H,13H2,1-4H3,(H,24,28)(H,25,27). The fraction of sp³-hybridized carbons (Fsp3) is 0.261. The summed E-state index contributed by atoms with van der Waals surface area (Å²) in [5.74, 6) is 0.784. The maximum absolute atomic E-state index is 12.9. The highest BCUT2D eigenvalue weighted by Gasteiger charge is 2.17. The van der Waals surface area contributed by atoms with Gasteiger partial charge in [0.25, 0.3) is 5.91 Å². The van der Waals surface area contributed by atoms with Crippen LogP contribution in [0.25, 0.3) is 0 Å². The average molecular weight is 407 g/mol. The Labute approximate surface area is 175 Å². The molecule has 2 N–H and O–H groups in total. The number of aryl methyl sites for hydroxylation is 2. The summed E-state index contributed by atoms with van der Waals surface area (Å²) >= 11 is 0. The lowest BCUT2D eigenvalue weighted by molar-refractivity contribution is -0.114. The highest BCUT2D eigenvalue weighted by Crippen LogP contribution is 2.23. The summed E-state index contributed by atoms with van der Waals surface area (Å²) in [6.45, 7) is 7.29. The first kappa shape index (κ1) is 21.1. The quantitative estimate of drug-likeness (QED) is 0.608. The number of amides is 2. The van der Waals surface area contributed by atoms with Gasteiger partial charge in [-0.3, -0.25) is 9.59 Å². The van der Waals surface area contributed by atoms with Crippen molar-refractivity contribution in [3.8, 4) is 5.75 Å². The Kier molecular flexibility index (Phi) is 6.51. The van der Waals surface area contributed by atoms with Gasteiger partial charge in [-0.1, -0.05) is 29.4 Å². The lowest BCUT2D eigenvalue weighted by atomic mass is 10.1. The Morgan fingerprint density at radius 2 is 1.90 bits per heavy atom. The van der Waals surface area contributed by atoms with Crippen molar-refractivity contribution in [2.75, 3.05) is 5.32 Å². The van der Waals surface area contributed by atoms with Crippen molar-refractivity contribution in [1.29, 1.82) is 0 Å². The summed E-state index contributed by atoms with van der Waals surface area (Å²) in [6, 6.07) is 14.2. The highest BCUT2D eigenvalue weighted by molar-refractivity contribution is 5.97. The Hall–Kier alpha value is -3.61. The maximum atomic E-state index is 12.9. The number of para-hydroxylation sites is 1. The first-order valence-corrected chi connectivity index (χ1v) is 9.67. The van der Waals surface area contributed by atoms with Crippen LogP contribution in [0.3, 0.4) is 0 Å². The van der Waals surface area contributed by atoms with Crippen molar-refractivity contribution in [3.63, 3.8) is 0 Å². The van der Waals surface area contributed by atoms with Crippen LogP contribution in [0, 0.1) is 13.8 Å². The van der Waals surface area contributed by atoms with Gasteiger partial charge in [-0.15, -0.1) is 0 Å². The van der Waals surface area contributed by atoms with E-state index in [4.69, 9.17) is 9.26 Å². The SMILES string of the molecule is CC(=O)Nc1cccc(C(C)NC(=O)c2ccccc2OCc2c(C)noc2C)c1. The molecule has 0 aliphatic rings. The van der Waals surface area contributed by atoms with E-state index in [1.165, 1.54) is 6.92 Å². The molecular weight excluding hydrogens is 382 g/mol. The molecule has 30 heavy (non-hydrogen) atoms. The number of nitrogens with zero attached hydrogens (tertiary/aromatic N) is 1. The van der Waals surface area contributed by atoms with Crippen molar-refractivity contribution in [3.05, 3.63) is 76.7 Å². The third-order valence-electron chi connectivity index (χ3n) is 4.74. The summed E-state index contributed by atoms with van der Waals surface area (Å²) in [6.07, 6.45) is 0. The number of benzene rings is 2. The molecule has 2 aromatic carbocycles. The van der Waals surface area contributed by atoms with Crippen LogP contribution in [0.2, 0.25) is 0 Å². The molecule has 3 rings (SSSR count). The van der Waals surface area contributed by atoms with Gasteiger partial charge in [0.1, 0.15) is 18.1 Å². The van der Waals surface area contributed by atoms with E-state index in [-0.39, 0.29) is 24.5 Å². The van der Waals surface area contributed by atoms with Crippen LogP contribution in [0.1, 0.15) is 52.8 Å². The number of hydrogen-bond donors (Lipinski definition) is 2. The van der Waals surface area contributed by atoms with E-state index in [9.17, 15) is 9.59 Å². The van der Waals surface area contributed by atoms with Crippen molar-refractivity contribution < 1.29 is 18.8 Å². The topological polar surface area (TPSA) is 93.5 Å². The number of carbonyl (C=O) groups is 2. The fourth-order valence-corrected chi connectivity index (χ4v) is 3.08. The Morgan fingerprint density at radius 3 is 2.60 bits per heavy atom. The van der Waals surface area contributed by atoms with Crippen LogP contribution < -0.4 is 15.4 Å². The molecule has 0 saturated carbocycles. The van der Waals surface area contributed by atoms with E-state index in [0.717, 1.165) is 16.8 Å². The molecule has 0 fully saturated rings. The van der Waals surface area contributed by atoms with Crippen molar-refractivity contribution in [2.45, 2.75) is 40.3 Å². The maximum Gasteiger partial charge on any atom is 0.255 e. The normalized spacial score (nSPS) is 11.6. The highest BCUT2D eigenvalue weighted by atomic mass is 16.5. The largest absolute Gasteiger partial charge is 0.488 e. The van der Waals surface area contributed by atoms with E-state index in [1.54, 1.807) is 24.3 Å². The first-order chi connectivity index (χ1) is 14.3. The van der Waals surface area contributed by atoms with Crippen LogP contribution in [0.4, 0.5) is 5.69 Å². The predicted octanol–water partition coefficient (Wildman–Crippen LogP) is 4.32. The van der Waals surface area contributed by atoms with Crippen LogP contribution in [-0.2, 0) is 11.4 Å². The lowest BCUT2D eigenvalue weighted by Crippen LogP contribution is -2.27. The van der Waals surface area contributed by atoms with Gasteiger partial charge >= 0.3 is 0 Å². The minimum absolute atomic E-state index is 0.145. The summed E-state index contributed by atoms with van der Waals surface area (Å²) < 4.78 is 11.1. The third-order valence-corrected chi connectivity index (χ3v) is 4.74. The molecular formula is C23H25N3O4. The molecule has 0 radical (unpaired) electrons. The average Bonchev–Trinajstić information content (AvgIpc) is 3.03. The molecule has 1 aromatic heterocycles. The predicted molar refractivity (Wildman–Crippen MR) is 113 cm³/mol. The summed E-state index contributed by atoms with van der Waals surface area (Å²) in [7, 11) is 0. The second kappa shape index (κ2) is 9.26. The van der Waals surface area contributed by atoms with E-state index in [0.29, 0.717) is 22.8 Å². The lowest BCUT2D eigenvalue weighted by Gasteiger charge is -2.17. The van der Waals surface area contributed by atoms with Crippen LogP contribution >= 0.6 is 0 Å². The van der Waals surface area contributed by atoms with E-state index in [2.05, 4.69) is 15.8 Å². The van der Waals surface area contributed by atoms with Gasteiger partial charge in [0.05, 0.1) is 22.9 Å². The smallest absolute Gasteiger partial charge is 0.255 e. The van der Waals surface area contributed by atoms with Gasteiger partial charge in [0, 0.05) is 12.6 Å². The fourth-order valence-electron chi connectivity index (χ4n) is 3.08. The number of carbonyl (C=O) groups excluding carboxylic acids is 2. The Balaban J connectivity index is 1.72. The minimum Gasteiger partial charge on any atom is -0.488 e. The molecule has 156 valence electrons. The summed E-state index contributed by atoms with van der Waals surface area (Å²) in [4.78, 5) is 24.2. The molecule has 3 aromatic rings. The van der Waals surface area contributed by atoms with Gasteiger partial charge in [-0.25, -0.2) is 0 Å². The molecule has 2 amide bonds. The molecule has 1 heterocycles. The van der Waals surface area contributed by atoms with E-state index in [1.807, 2.05) is 45.0 Å². The summed E-state index contributed by atoms with van der Waals surface area (Å²) in [5, 5.41) is 9.66. The van der Waals surface area contributed by atoms with Gasteiger partial charge in [0.15, 0.2) is 0 Å². The molecule has 0 aliphatic heterocycles. The zero-order valence-corrected chi connectivity index (χ0v) is 17.5. The van der Waals surface area contributed by atoms with E-state index >= 15 is 0 Å². The second-order valence-corrected chi connectivity index (χ2v) is 7.09. The van der Waals surface area contributed by atoms with Gasteiger partial charge in [-0.2, -0.15) is 0 Å². The van der Waals surface area contributed by atoms with E-state index < -0.39 is 0 Å². The second-order valence-electron chi connectivity index (χ2n) is 7.09. The Bertz CT molecular complexity index is 1040. The molecule has 0 spiro atoms. The number of anilines is 1. The molecule has 0 bridgehead atoms. The van der Waals surface area contributed by atoms with Gasteiger partial charge in [0.2, 0.25) is 5.91 Å². The van der Waals surface area contributed by atoms with Crippen LogP contribution in [0.5, 0.6) is 5.75 Å². The first-order valence-electron chi connectivity index (χ1n) is 9.67. The van der Waals surface area contributed by atoms with Gasteiger partial charge < -0.3 is 19.9 Å². The minimum atomic E-state index is -0.262. The third kappa shape index (κ3) is 5.05. The zero-order chi connectivity index (χ0) is 21.7. The van der Waals surface area contributed by atoms with Crippen molar-refractivity contribution >= 4 is 17.5 Å². The molecule has 0 aliphatic carbocycles.